The molecule has 0 fully saturated rings. The third-order valence-electron chi connectivity index (χ3n) is 13.3. The lowest BCUT2D eigenvalue weighted by molar-refractivity contribution is -0.143. The van der Waals surface area contributed by atoms with E-state index < -0.39 is 12.1 Å². The van der Waals surface area contributed by atoms with Crippen molar-refractivity contribution in [3.8, 4) is 0 Å². The number of hydrogen-bond donors (Lipinski definition) is 3. The zero-order valence-electron chi connectivity index (χ0n) is 42.6. The van der Waals surface area contributed by atoms with E-state index in [1.807, 2.05) is 6.08 Å². The van der Waals surface area contributed by atoms with Crippen LogP contribution in [0.3, 0.4) is 0 Å². The average molecular weight is 891 g/mol. The molecule has 0 aliphatic carbocycles. The molecule has 0 heterocycles. The van der Waals surface area contributed by atoms with Crippen molar-refractivity contribution in [3.63, 3.8) is 0 Å². The molecule has 0 aromatic rings. The molecule has 0 rings (SSSR count). The van der Waals surface area contributed by atoms with Crippen molar-refractivity contribution >= 4 is 11.9 Å². The van der Waals surface area contributed by atoms with Gasteiger partial charge in [-0.15, -0.1) is 0 Å². The van der Waals surface area contributed by atoms with Gasteiger partial charge in [-0.2, -0.15) is 0 Å². The van der Waals surface area contributed by atoms with Crippen molar-refractivity contribution < 1.29 is 24.5 Å². The van der Waals surface area contributed by atoms with E-state index in [0.29, 0.717) is 19.4 Å². The number of aliphatic hydroxyl groups is 2. The molecule has 0 aromatic heterocycles. The maximum Gasteiger partial charge on any atom is 0.305 e. The number of amides is 1. The van der Waals surface area contributed by atoms with Crippen molar-refractivity contribution in [2.45, 2.75) is 328 Å². The molecule has 2 atom stereocenters. The lowest BCUT2D eigenvalue weighted by atomic mass is 10.0. The van der Waals surface area contributed by atoms with Gasteiger partial charge in [0, 0.05) is 12.8 Å². The van der Waals surface area contributed by atoms with Crippen LogP contribution in [0.5, 0.6) is 0 Å². The van der Waals surface area contributed by atoms with Crippen LogP contribution in [-0.2, 0) is 14.3 Å². The summed E-state index contributed by atoms with van der Waals surface area (Å²) in [6.45, 7) is 4.90. The number of allylic oxidation sites excluding steroid dienone is 1. The summed E-state index contributed by atoms with van der Waals surface area (Å²) in [6, 6.07) is -0.637. The molecule has 0 radical (unpaired) electrons. The van der Waals surface area contributed by atoms with E-state index in [9.17, 15) is 19.8 Å². The molecule has 3 N–H and O–H groups in total. The van der Waals surface area contributed by atoms with E-state index in [1.54, 1.807) is 6.08 Å². The molecular formula is C57H111NO5. The first-order chi connectivity index (χ1) is 31.0. The van der Waals surface area contributed by atoms with Crippen LogP contribution in [-0.4, -0.2) is 47.4 Å². The first kappa shape index (κ1) is 61.6. The molecule has 2 unspecified atom stereocenters. The number of carbonyl (C=O) groups is 2. The third kappa shape index (κ3) is 49.9. The second-order valence-electron chi connectivity index (χ2n) is 19.6. The molecule has 6 heteroatoms. The summed E-state index contributed by atoms with van der Waals surface area (Å²) in [6.07, 6.45) is 62.2. The van der Waals surface area contributed by atoms with Crippen molar-refractivity contribution in [1.29, 1.82) is 0 Å². The number of nitrogens with one attached hydrogen (secondary N) is 1. The molecule has 0 aliphatic heterocycles. The zero-order valence-corrected chi connectivity index (χ0v) is 42.6. The largest absolute Gasteiger partial charge is 0.466 e. The number of ether oxygens (including phenoxy) is 1. The average Bonchev–Trinajstić information content (AvgIpc) is 3.28. The second kappa shape index (κ2) is 53.2. The first-order valence-corrected chi connectivity index (χ1v) is 28.5. The van der Waals surface area contributed by atoms with Crippen molar-refractivity contribution in [2.24, 2.45) is 0 Å². The Hall–Kier alpha value is -1.40. The number of carbonyl (C=O) groups excluding carboxylic acids is 2. The maximum absolute atomic E-state index is 12.5. The molecule has 0 bridgehead atoms. The van der Waals surface area contributed by atoms with Crippen LogP contribution in [0.25, 0.3) is 0 Å². The molecule has 1 amide bonds. The Balaban J connectivity index is 3.47. The third-order valence-corrected chi connectivity index (χ3v) is 13.3. The van der Waals surface area contributed by atoms with Gasteiger partial charge in [0.25, 0.3) is 0 Å². The van der Waals surface area contributed by atoms with Crippen LogP contribution in [0.4, 0.5) is 0 Å². The summed E-state index contributed by atoms with van der Waals surface area (Å²) in [5.74, 6) is -0.0812. The minimum absolute atomic E-state index is 0.00332. The highest BCUT2D eigenvalue weighted by Gasteiger charge is 2.18. The monoisotopic (exact) mass is 890 g/mol. The fourth-order valence-electron chi connectivity index (χ4n) is 8.93. The molecule has 0 aromatic carbocycles. The number of aliphatic hydroxyl groups excluding tert-OH is 2. The van der Waals surface area contributed by atoms with Crippen LogP contribution in [0.2, 0.25) is 0 Å². The Morgan fingerprint density at radius 1 is 0.429 bits per heavy atom. The van der Waals surface area contributed by atoms with Crippen LogP contribution in [0.1, 0.15) is 316 Å². The van der Waals surface area contributed by atoms with E-state index in [1.165, 1.54) is 231 Å². The molecule has 0 aliphatic rings. The number of rotatable bonds is 53. The molecule has 63 heavy (non-hydrogen) atoms. The fourth-order valence-corrected chi connectivity index (χ4v) is 8.93. The lowest BCUT2D eigenvalue weighted by Gasteiger charge is -2.20. The van der Waals surface area contributed by atoms with E-state index in [4.69, 9.17) is 4.74 Å². The predicted octanol–water partition coefficient (Wildman–Crippen LogP) is 17.3. The molecular weight excluding hydrogens is 779 g/mol. The van der Waals surface area contributed by atoms with E-state index >= 15 is 0 Å². The second-order valence-corrected chi connectivity index (χ2v) is 19.6. The van der Waals surface area contributed by atoms with Gasteiger partial charge in [-0.1, -0.05) is 283 Å². The molecule has 0 saturated heterocycles. The van der Waals surface area contributed by atoms with Crippen molar-refractivity contribution in [1.82, 2.24) is 5.32 Å². The maximum atomic E-state index is 12.5. The quantitative estimate of drug-likeness (QED) is 0.0321. The lowest BCUT2D eigenvalue weighted by Crippen LogP contribution is -2.45. The Labute approximate surface area is 393 Å². The summed E-state index contributed by atoms with van der Waals surface area (Å²) in [4.78, 5) is 24.5. The minimum atomic E-state index is -0.852. The van der Waals surface area contributed by atoms with Gasteiger partial charge >= 0.3 is 5.97 Å². The Bertz CT molecular complexity index is 939. The van der Waals surface area contributed by atoms with E-state index in [0.717, 1.165) is 57.8 Å². The zero-order chi connectivity index (χ0) is 45.8. The molecule has 0 saturated carbocycles. The van der Waals surface area contributed by atoms with Gasteiger partial charge in [0.15, 0.2) is 0 Å². The smallest absolute Gasteiger partial charge is 0.305 e. The summed E-state index contributed by atoms with van der Waals surface area (Å²) in [5, 5.41) is 23.1. The van der Waals surface area contributed by atoms with Crippen LogP contribution < -0.4 is 5.32 Å². The highest BCUT2D eigenvalue weighted by Crippen LogP contribution is 2.17. The highest BCUT2D eigenvalue weighted by atomic mass is 16.5. The summed E-state index contributed by atoms with van der Waals surface area (Å²) in [5.41, 5.74) is 0. The SMILES string of the molecule is CCCCCCCCCCCCCCCCCC/C=C/C(O)C(CO)NC(=O)CCCCCCCCCCCCCCCOC(=O)CCCCCCCCCCCCCCCCC. The molecule has 6 nitrogen and oxygen atoms in total. The van der Waals surface area contributed by atoms with Gasteiger partial charge in [0.2, 0.25) is 5.91 Å². The van der Waals surface area contributed by atoms with E-state index in [-0.39, 0.29) is 18.5 Å². The van der Waals surface area contributed by atoms with E-state index in [2.05, 4.69) is 19.2 Å². The minimum Gasteiger partial charge on any atom is -0.466 e. The normalized spacial score (nSPS) is 12.6. The van der Waals surface area contributed by atoms with Crippen LogP contribution in [0, 0.1) is 0 Å². The standard InChI is InChI=1S/C57H111NO5/c1-3-5-7-9-11-13-15-17-19-20-21-23-25-29-33-37-41-45-49-55(60)54(53-59)58-56(61)50-46-42-38-34-30-26-24-28-32-36-40-44-48-52-63-57(62)51-47-43-39-35-31-27-22-18-16-14-12-10-8-6-4-2/h45,49,54-55,59-60H,3-44,46-48,50-53H2,1-2H3,(H,58,61)/b49-45+. The highest BCUT2D eigenvalue weighted by molar-refractivity contribution is 5.76. The fraction of sp³-hybridized carbons (Fsp3) is 0.930. The van der Waals surface area contributed by atoms with Gasteiger partial charge in [0.1, 0.15) is 0 Å². The van der Waals surface area contributed by atoms with Gasteiger partial charge in [-0.3, -0.25) is 9.59 Å². The Morgan fingerprint density at radius 2 is 0.730 bits per heavy atom. The van der Waals surface area contributed by atoms with Crippen molar-refractivity contribution in [3.05, 3.63) is 12.2 Å². The van der Waals surface area contributed by atoms with Crippen LogP contribution >= 0.6 is 0 Å². The predicted molar refractivity (Wildman–Crippen MR) is 273 cm³/mol. The van der Waals surface area contributed by atoms with Crippen molar-refractivity contribution in [2.75, 3.05) is 13.2 Å². The molecule has 0 spiro atoms. The first-order valence-electron chi connectivity index (χ1n) is 28.5. The summed E-state index contributed by atoms with van der Waals surface area (Å²) in [7, 11) is 0. The number of unbranched alkanes of at least 4 members (excludes halogenated alkanes) is 42. The number of hydrogen-bond acceptors (Lipinski definition) is 5. The van der Waals surface area contributed by atoms with Crippen LogP contribution in [0.15, 0.2) is 12.2 Å². The van der Waals surface area contributed by atoms with Gasteiger partial charge in [0.05, 0.1) is 25.4 Å². The Morgan fingerprint density at radius 3 is 1.08 bits per heavy atom. The summed E-state index contributed by atoms with van der Waals surface area (Å²) >= 11 is 0. The van der Waals surface area contributed by atoms with Gasteiger partial charge in [-0.05, 0) is 32.1 Å². The van der Waals surface area contributed by atoms with Gasteiger partial charge in [-0.25, -0.2) is 0 Å². The topological polar surface area (TPSA) is 95.9 Å². The summed E-state index contributed by atoms with van der Waals surface area (Å²) < 4.78 is 5.47. The number of esters is 1. The molecule has 374 valence electrons. The Kier molecular flexibility index (Phi) is 52.0. The van der Waals surface area contributed by atoms with Gasteiger partial charge < -0.3 is 20.3 Å².